The lowest BCUT2D eigenvalue weighted by Gasteiger charge is -2.08. The third-order valence-corrected chi connectivity index (χ3v) is 2.34. The van der Waals surface area contributed by atoms with Crippen molar-refractivity contribution < 1.29 is 13.5 Å². The van der Waals surface area contributed by atoms with Crippen LogP contribution in [0.3, 0.4) is 0 Å². The van der Waals surface area contributed by atoms with Gasteiger partial charge in [0.2, 0.25) is 0 Å². The lowest BCUT2D eigenvalue weighted by Crippen LogP contribution is -1.96. The van der Waals surface area contributed by atoms with Crippen LogP contribution in [0, 0.1) is 11.6 Å². The predicted octanol–water partition coefficient (Wildman–Crippen LogP) is 3.91. The van der Waals surface area contributed by atoms with Crippen molar-refractivity contribution in [3.8, 4) is 5.75 Å². The number of rotatable bonds is 3. The molecule has 0 spiro atoms. The summed E-state index contributed by atoms with van der Waals surface area (Å²) >= 11 is 0. The van der Waals surface area contributed by atoms with Crippen molar-refractivity contribution in [2.24, 2.45) is 0 Å². The quantitative estimate of drug-likeness (QED) is 0.765. The first-order chi connectivity index (χ1) is 7.72. The molecule has 84 valence electrons. The predicted molar refractivity (Wildman–Crippen MR) is 59.7 cm³/mol. The van der Waals surface area contributed by atoms with Gasteiger partial charge < -0.3 is 4.74 Å². The van der Waals surface area contributed by atoms with E-state index in [9.17, 15) is 8.78 Å². The fourth-order valence-corrected chi connectivity index (χ4v) is 1.58. The van der Waals surface area contributed by atoms with Gasteiger partial charge in [0, 0.05) is 5.39 Å². The first kappa shape index (κ1) is 10.9. The van der Waals surface area contributed by atoms with Gasteiger partial charge in [0.1, 0.15) is 5.75 Å². The zero-order chi connectivity index (χ0) is 11.5. The van der Waals surface area contributed by atoms with Crippen LogP contribution in [0.2, 0.25) is 0 Å². The molecule has 2 rings (SSSR count). The summed E-state index contributed by atoms with van der Waals surface area (Å²) in [6.45, 7) is 2.56. The summed E-state index contributed by atoms with van der Waals surface area (Å²) in [5.41, 5.74) is 0. The summed E-state index contributed by atoms with van der Waals surface area (Å²) in [6.07, 6.45) is 0.875. The van der Waals surface area contributed by atoms with E-state index in [-0.39, 0.29) is 0 Å². The second kappa shape index (κ2) is 4.47. The van der Waals surface area contributed by atoms with Crippen molar-refractivity contribution in [2.45, 2.75) is 13.3 Å². The van der Waals surface area contributed by atoms with E-state index in [4.69, 9.17) is 4.74 Å². The molecule has 16 heavy (non-hydrogen) atoms. The maximum absolute atomic E-state index is 13.1. The molecule has 0 aromatic heterocycles. The van der Waals surface area contributed by atoms with E-state index in [0.717, 1.165) is 6.42 Å². The van der Waals surface area contributed by atoms with E-state index in [2.05, 4.69) is 0 Å². The highest BCUT2D eigenvalue weighted by molar-refractivity contribution is 5.88. The molecule has 1 nitrogen and oxygen atoms in total. The van der Waals surface area contributed by atoms with Gasteiger partial charge in [-0.2, -0.15) is 0 Å². The number of ether oxygens (including phenoxy) is 1. The first-order valence-corrected chi connectivity index (χ1v) is 5.23. The van der Waals surface area contributed by atoms with Gasteiger partial charge in [-0.1, -0.05) is 19.1 Å². The maximum Gasteiger partial charge on any atom is 0.159 e. The van der Waals surface area contributed by atoms with Crippen LogP contribution in [0.4, 0.5) is 8.78 Å². The number of benzene rings is 2. The van der Waals surface area contributed by atoms with Crippen molar-refractivity contribution in [3.05, 3.63) is 42.0 Å². The zero-order valence-electron chi connectivity index (χ0n) is 8.97. The minimum atomic E-state index is -0.847. The Kier molecular flexibility index (Phi) is 3.04. The smallest absolute Gasteiger partial charge is 0.159 e. The highest BCUT2D eigenvalue weighted by atomic mass is 19.2. The van der Waals surface area contributed by atoms with E-state index in [1.54, 1.807) is 18.2 Å². The van der Waals surface area contributed by atoms with Gasteiger partial charge in [0.05, 0.1) is 6.61 Å². The molecule has 3 heteroatoms. The van der Waals surface area contributed by atoms with Crippen molar-refractivity contribution in [1.82, 2.24) is 0 Å². The summed E-state index contributed by atoms with van der Waals surface area (Å²) in [7, 11) is 0. The maximum atomic E-state index is 13.1. The van der Waals surface area contributed by atoms with E-state index in [1.807, 2.05) is 6.92 Å². The molecule has 2 aromatic carbocycles. The van der Waals surface area contributed by atoms with Crippen molar-refractivity contribution in [3.63, 3.8) is 0 Å². The van der Waals surface area contributed by atoms with Gasteiger partial charge in [-0.25, -0.2) is 8.78 Å². The number of hydrogen-bond donors (Lipinski definition) is 0. The number of fused-ring (bicyclic) bond motifs is 1. The lowest BCUT2D eigenvalue weighted by atomic mass is 10.1. The SMILES string of the molecule is CCCOc1cccc2cc(F)c(F)cc12. The van der Waals surface area contributed by atoms with Gasteiger partial charge in [-0.3, -0.25) is 0 Å². The van der Waals surface area contributed by atoms with Crippen molar-refractivity contribution >= 4 is 10.8 Å². The minimum absolute atomic E-state index is 0.568. The second-order valence-electron chi connectivity index (χ2n) is 3.59. The van der Waals surface area contributed by atoms with Crippen LogP contribution in [0.5, 0.6) is 5.75 Å². The Morgan fingerprint density at radius 1 is 1.12 bits per heavy atom. The number of hydrogen-bond acceptors (Lipinski definition) is 1. The molecule has 0 bridgehead atoms. The zero-order valence-corrected chi connectivity index (χ0v) is 8.97. The average Bonchev–Trinajstić information content (AvgIpc) is 2.28. The summed E-state index contributed by atoms with van der Waals surface area (Å²) < 4.78 is 31.6. The molecule has 0 N–H and O–H groups in total. The molecular formula is C13H12F2O. The molecule has 0 fully saturated rings. The third-order valence-electron chi connectivity index (χ3n) is 2.34. The summed E-state index contributed by atoms with van der Waals surface area (Å²) in [6, 6.07) is 7.62. The Morgan fingerprint density at radius 2 is 1.88 bits per heavy atom. The molecule has 2 aromatic rings. The summed E-state index contributed by atoms with van der Waals surface area (Å²) in [4.78, 5) is 0. The van der Waals surface area contributed by atoms with Gasteiger partial charge >= 0.3 is 0 Å². The highest BCUT2D eigenvalue weighted by Gasteiger charge is 2.07. The Bertz CT molecular complexity index is 509. The molecule has 0 unspecified atom stereocenters. The standard InChI is InChI=1S/C13H12F2O/c1-2-6-16-13-5-3-4-9-7-11(14)12(15)8-10(9)13/h3-5,7-8H,2,6H2,1H3. The fraction of sp³-hybridized carbons (Fsp3) is 0.231. The molecule has 0 aliphatic carbocycles. The van der Waals surface area contributed by atoms with E-state index < -0.39 is 11.6 Å². The first-order valence-electron chi connectivity index (χ1n) is 5.23. The van der Waals surface area contributed by atoms with E-state index in [1.165, 1.54) is 12.1 Å². The molecule has 0 amide bonds. The Balaban J connectivity index is 2.53. The molecule has 0 heterocycles. The molecule has 0 aliphatic heterocycles. The van der Waals surface area contributed by atoms with Crippen LogP contribution in [-0.2, 0) is 0 Å². The van der Waals surface area contributed by atoms with Gasteiger partial charge in [-0.05, 0) is 30.0 Å². The summed E-state index contributed by atoms with van der Waals surface area (Å²) in [5, 5.41) is 1.25. The molecule has 0 radical (unpaired) electrons. The fourth-order valence-electron chi connectivity index (χ4n) is 1.58. The van der Waals surface area contributed by atoms with Crippen molar-refractivity contribution in [1.29, 1.82) is 0 Å². The molecular weight excluding hydrogens is 210 g/mol. The van der Waals surface area contributed by atoms with Gasteiger partial charge in [0.15, 0.2) is 11.6 Å². The van der Waals surface area contributed by atoms with Crippen molar-refractivity contribution in [2.75, 3.05) is 6.61 Å². The molecule has 0 saturated heterocycles. The Morgan fingerprint density at radius 3 is 2.62 bits per heavy atom. The largest absolute Gasteiger partial charge is 0.493 e. The Hall–Kier alpha value is -1.64. The minimum Gasteiger partial charge on any atom is -0.493 e. The van der Waals surface area contributed by atoms with Crippen LogP contribution in [0.25, 0.3) is 10.8 Å². The molecule has 0 saturated carbocycles. The highest BCUT2D eigenvalue weighted by Crippen LogP contribution is 2.27. The van der Waals surface area contributed by atoms with Gasteiger partial charge in [0.25, 0.3) is 0 Å². The van der Waals surface area contributed by atoms with Crippen LogP contribution in [0.1, 0.15) is 13.3 Å². The van der Waals surface area contributed by atoms with Gasteiger partial charge in [-0.15, -0.1) is 0 Å². The number of halogens is 2. The Labute approximate surface area is 92.7 Å². The molecule has 0 atom stereocenters. The van der Waals surface area contributed by atoms with Crippen LogP contribution in [-0.4, -0.2) is 6.61 Å². The second-order valence-corrected chi connectivity index (χ2v) is 3.59. The topological polar surface area (TPSA) is 9.23 Å². The lowest BCUT2D eigenvalue weighted by molar-refractivity contribution is 0.321. The van der Waals surface area contributed by atoms with E-state index >= 15 is 0 Å². The van der Waals surface area contributed by atoms with E-state index in [0.29, 0.717) is 23.1 Å². The molecule has 0 aliphatic rings. The third kappa shape index (κ3) is 1.98. The normalized spacial score (nSPS) is 10.7. The van der Waals surface area contributed by atoms with Crippen LogP contribution in [0.15, 0.2) is 30.3 Å². The summed E-state index contributed by atoms with van der Waals surface area (Å²) in [5.74, 6) is -1.08. The van der Waals surface area contributed by atoms with Crippen LogP contribution < -0.4 is 4.74 Å². The average molecular weight is 222 g/mol. The van der Waals surface area contributed by atoms with Crippen LogP contribution >= 0.6 is 0 Å². The monoisotopic (exact) mass is 222 g/mol.